The maximum Gasteiger partial charge on any atom is 0.0615 e. The molecule has 2 nitrogen and oxygen atoms in total. The van der Waals surface area contributed by atoms with E-state index >= 15 is 0 Å². The first-order chi connectivity index (χ1) is 5.64. The van der Waals surface area contributed by atoms with Crippen molar-refractivity contribution in [1.29, 1.82) is 0 Å². The van der Waals surface area contributed by atoms with Crippen molar-refractivity contribution in [2.24, 2.45) is 5.92 Å². The van der Waals surface area contributed by atoms with E-state index in [4.69, 9.17) is 0 Å². The summed E-state index contributed by atoms with van der Waals surface area (Å²) in [6.07, 6.45) is 3.59. The Hall–Kier alpha value is -0.0800. The molecule has 2 atom stereocenters. The highest BCUT2D eigenvalue weighted by Gasteiger charge is 2.39. The van der Waals surface area contributed by atoms with E-state index in [-0.39, 0.29) is 5.54 Å². The maximum absolute atomic E-state index is 9.39. The summed E-state index contributed by atoms with van der Waals surface area (Å²) < 4.78 is 0. The number of nitrogens with zero attached hydrogens (tertiary/aromatic N) is 1. The first-order valence-electron chi connectivity index (χ1n) is 4.96. The minimum atomic E-state index is 0.105. The fourth-order valence-corrected chi connectivity index (χ4v) is 2.31. The SMILES string of the molecule is CCN(C)C1(CO)CCC(C)C1. The Morgan fingerprint density at radius 2 is 2.25 bits per heavy atom. The summed E-state index contributed by atoms with van der Waals surface area (Å²) >= 11 is 0. The zero-order valence-electron chi connectivity index (χ0n) is 8.51. The molecule has 0 aromatic rings. The lowest BCUT2D eigenvalue weighted by molar-refractivity contribution is 0.0554. The van der Waals surface area contributed by atoms with Crippen LogP contribution in [0.25, 0.3) is 0 Å². The molecular weight excluding hydrogens is 150 g/mol. The molecule has 1 aliphatic rings. The van der Waals surface area contributed by atoms with Crippen LogP contribution < -0.4 is 0 Å². The zero-order chi connectivity index (χ0) is 9.19. The standard InChI is InChI=1S/C10H21NO/c1-4-11(3)10(8-12)6-5-9(2)7-10/h9,12H,4-8H2,1-3H3. The number of aliphatic hydroxyl groups excluding tert-OH is 1. The van der Waals surface area contributed by atoms with Crippen LogP contribution in [-0.2, 0) is 0 Å². The summed E-state index contributed by atoms with van der Waals surface area (Å²) in [6.45, 7) is 5.79. The van der Waals surface area contributed by atoms with Crippen LogP contribution >= 0.6 is 0 Å². The average Bonchev–Trinajstić information content (AvgIpc) is 2.47. The Bertz CT molecular complexity index is 149. The van der Waals surface area contributed by atoms with Crippen LogP contribution in [0, 0.1) is 5.92 Å². The third kappa shape index (κ3) is 1.64. The van der Waals surface area contributed by atoms with Crippen LogP contribution in [0.3, 0.4) is 0 Å². The van der Waals surface area contributed by atoms with Gasteiger partial charge in [-0.15, -0.1) is 0 Å². The molecule has 0 saturated heterocycles. The van der Waals surface area contributed by atoms with Crippen LogP contribution in [0.15, 0.2) is 0 Å². The van der Waals surface area contributed by atoms with E-state index in [1.165, 1.54) is 6.42 Å². The highest BCUT2D eigenvalue weighted by molar-refractivity contribution is 4.95. The van der Waals surface area contributed by atoms with Gasteiger partial charge in [-0.25, -0.2) is 0 Å². The molecule has 0 aromatic heterocycles. The van der Waals surface area contributed by atoms with Gasteiger partial charge in [0.15, 0.2) is 0 Å². The summed E-state index contributed by atoms with van der Waals surface area (Å²) in [7, 11) is 2.12. The number of hydrogen-bond donors (Lipinski definition) is 1. The van der Waals surface area contributed by atoms with E-state index in [0.717, 1.165) is 25.3 Å². The lowest BCUT2D eigenvalue weighted by Gasteiger charge is -2.36. The fraction of sp³-hybridized carbons (Fsp3) is 1.00. The normalized spacial score (nSPS) is 36.2. The molecule has 0 heterocycles. The van der Waals surface area contributed by atoms with Crippen LogP contribution in [0.5, 0.6) is 0 Å². The molecule has 0 aliphatic heterocycles. The lowest BCUT2D eigenvalue weighted by atomic mass is 9.95. The maximum atomic E-state index is 9.39. The van der Waals surface area contributed by atoms with E-state index in [0.29, 0.717) is 6.61 Å². The van der Waals surface area contributed by atoms with Crippen molar-refractivity contribution >= 4 is 0 Å². The second-order valence-electron chi connectivity index (χ2n) is 4.24. The molecule has 12 heavy (non-hydrogen) atoms. The largest absolute Gasteiger partial charge is 0.394 e. The highest BCUT2D eigenvalue weighted by atomic mass is 16.3. The van der Waals surface area contributed by atoms with Gasteiger partial charge in [-0.2, -0.15) is 0 Å². The van der Waals surface area contributed by atoms with Crippen molar-refractivity contribution in [3.63, 3.8) is 0 Å². The van der Waals surface area contributed by atoms with Gasteiger partial charge in [-0.3, -0.25) is 4.90 Å². The molecule has 2 unspecified atom stereocenters. The minimum absolute atomic E-state index is 0.105. The summed E-state index contributed by atoms with van der Waals surface area (Å²) in [4.78, 5) is 2.30. The van der Waals surface area contributed by atoms with Crippen molar-refractivity contribution in [3.05, 3.63) is 0 Å². The second-order valence-corrected chi connectivity index (χ2v) is 4.24. The number of aliphatic hydroxyl groups is 1. The summed E-state index contributed by atoms with van der Waals surface area (Å²) in [5, 5.41) is 9.39. The Kier molecular flexibility index (Phi) is 3.13. The first kappa shape index (κ1) is 10.0. The smallest absolute Gasteiger partial charge is 0.0615 e. The highest BCUT2D eigenvalue weighted by Crippen LogP contribution is 2.37. The van der Waals surface area contributed by atoms with Crippen LogP contribution in [0.1, 0.15) is 33.1 Å². The molecule has 1 saturated carbocycles. The minimum Gasteiger partial charge on any atom is -0.394 e. The van der Waals surface area contributed by atoms with Gasteiger partial charge in [0.05, 0.1) is 6.61 Å². The zero-order valence-corrected chi connectivity index (χ0v) is 8.51. The van der Waals surface area contributed by atoms with E-state index in [2.05, 4.69) is 25.8 Å². The van der Waals surface area contributed by atoms with Crippen molar-refractivity contribution in [2.45, 2.75) is 38.6 Å². The summed E-state index contributed by atoms with van der Waals surface area (Å²) in [5.74, 6) is 0.783. The molecule has 1 N–H and O–H groups in total. The van der Waals surface area contributed by atoms with E-state index in [9.17, 15) is 5.11 Å². The van der Waals surface area contributed by atoms with Gasteiger partial charge < -0.3 is 5.11 Å². The summed E-state index contributed by atoms with van der Waals surface area (Å²) in [5.41, 5.74) is 0.105. The van der Waals surface area contributed by atoms with E-state index in [1.54, 1.807) is 0 Å². The predicted molar refractivity (Wildman–Crippen MR) is 51.1 cm³/mol. The Labute approximate surface area is 75.6 Å². The predicted octanol–water partition coefficient (Wildman–Crippen LogP) is 1.49. The molecule has 1 aliphatic carbocycles. The average molecular weight is 171 g/mol. The van der Waals surface area contributed by atoms with Crippen LogP contribution in [0.2, 0.25) is 0 Å². The summed E-state index contributed by atoms with van der Waals surface area (Å²) in [6, 6.07) is 0. The van der Waals surface area contributed by atoms with Gasteiger partial charge in [0.25, 0.3) is 0 Å². The monoisotopic (exact) mass is 171 g/mol. The van der Waals surface area contributed by atoms with Gasteiger partial charge in [0, 0.05) is 5.54 Å². The van der Waals surface area contributed by atoms with E-state index < -0.39 is 0 Å². The third-order valence-corrected chi connectivity index (χ3v) is 3.41. The quantitative estimate of drug-likeness (QED) is 0.695. The molecule has 0 aromatic carbocycles. The van der Waals surface area contributed by atoms with Gasteiger partial charge in [-0.1, -0.05) is 13.8 Å². The topological polar surface area (TPSA) is 23.5 Å². The number of likely N-dealkylation sites (N-methyl/N-ethyl adjacent to an activating group) is 1. The molecule has 0 radical (unpaired) electrons. The molecule has 0 amide bonds. The van der Waals surface area contributed by atoms with E-state index in [1.807, 2.05) is 0 Å². The third-order valence-electron chi connectivity index (χ3n) is 3.41. The molecule has 1 fully saturated rings. The molecule has 72 valence electrons. The number of hydrogen-bond acceptors (Lipinski definition) is 2. The molecule has 2 heteroatoms. The molecular formula is C10H21NO. The van der Waals surface area contributed by atoms with Crippen molar-refractivity contribution in [1.82, 2.24) is 4.90 Å². The van der Waals surface area contributed by atoms with Gasteiger partial charge >= 0.3 is 0 Å². The van der Waals surface area contributed by atoms with Gasteiger partial charge in [-0.05, 0) is 38.8 Å². The first-order valence-corrected chi connectivity index (χ1v) is 4.96. The molecule has 0 bridgehead atoms. The Balaban J connectivity index is 2.63. The number of rotatable bonds is 3. The van der Waals surface area contributed by atoms with Crippen molar-refractivity contribution in [2.75, 3.05) is 20.2 Å². The van der Waals surface area contributed by atoms with Crippen LogP contribution in [-0.4, -0.2) is 35.7 Å². The lowest BCUT2D eigenvalue weighted by Crippen LogP contribution is -2.47. The van der Waals surface area contributed by atoms with Crippen LogP contribution in [0.4, 0.5) is 0 Å². The van der Waals surface area contributed by atoms with Crippen molar-refractivity contribution in [3.8, 4) is 0 Å². The Morgan fingerprint density at radius 1 is 1.58 bits per heavy atom. The Morgan fingerprint density at radius 3 is 2.58 bits per heavy atom. The van der Waals surface area contributed by atoms with Crippen molar-refractivity contribution < 1.29 is 5.11 Å². The molecule has 1 rings (SSSR count). The fourth-order valence-electron chi connectivity index (χ4n) is 2.31. The molecule has 0 spiro atoms. The van der Waals surface area contributed by atoms with Gasteiger partial charge in [0.1, 0.15) is 0 Å². The van der Waals surface area contributed by atoms with Gasteiger partial charge in [0.2, 0.25) is 0 Å². The second kappa shape index (κ2) is 3.75.